The van der Waals surface area contributed by atoms with Crippen molar-refractivity contribution in [3.63, 3.8) is 0 Å². The van der Waals surface area contributed by atoms with Crippen molar-refractivity contribution in [3.8, 4) is 0 Å². The highest BCUT2D eigenvalue weighted by Gasteiger charge is 2.47. The molecule has 3 rings (SSSR count). The van der Waals surface area contributed by atoms with E-state index < -0.39 is 30.1 Å². The molecule has 0 spiro atoms. The summed E-state index contributed by atoms with van der Waals surface area (Å²) < 4.78 is 1.69. The minimum atomic E-state index is -0.898. The number of carbonyl (C=O) groups excluding carboxylic acids is 4. The van der Waals surface area contributed by atoms with Crippen LogP contribution in [0.3, 0.4) is 0 Å². The number of urea groups is 1. The normalized spacial score (nSPS) is 23.7. The summed E-state index contributed by atoms with van der Waals surface area (Å²) in [5.41, 5.74) is 5.94. The van der Waals surface area contributed by atoms with E-state index in [4.69, 9.17) is 5.73 Å². The first kappa shape index (κ1) is 21.7. The maximum atomic E-state index is 13.5. The maximum absolute atomic E-state index is 13.5. The van der Waals surface area contributed by atoms with E-state index in [9.17, 15) is 19.2 Å². The summed E-state index contributed by atoms with van der Waals surface area (Å²) in [5, 5.41) is 5.59. The number of rotatable bonds is 5. The van der Waals surface area contributed by atoms with Crippen molar-refractivity contribution in [2.24, 2.45) is 12.8 Å². The maximum Gasteiger partial charge on any atom is 0.315 e. The summed E-state index contributed by atoms with van der Waals surface area (Å²) in [6.45, 7) is 4.40. The van der Waals surface area contributed by atoms with E-state index in [-0.39, 0.29) is 17.9 Å². The second-order valence-corrected chi connectivity index (χ2v) is 8.21. The lowest BCUT2D eigenvalue weighted by molar-refractivity contribution is -0.140. The molecule has 0 aliphatic carbocycles. The molecule has 2 aliphatic rings. The van der Waals surface area contributed by atoms with Crippen molar-refractivity contribution in [2.45, 2.75) is 57.3 Å². The first-order valence-electron chi connectivity index (χ1n) is 10.3. The van der Waals surface area contributed by atoms with Crippen LogP contribution < -0.4 is 16.4 Å². The largest absolute Gasteiger partial charge is 0.368 e. The van der Waals surface area contributed by atoms with Crippen LogP contribution >= 0.6 is 0 Å². The average molecular weight is 418 g/mol. The molecule has 10 heteroatoms. The van der Waals surface area contributed by atoms with Gasteiger partial charge in [0, 0.05) is 32.4 Å². The third-order valence-corrected chi connectivity index (χ3v) is 5.68. The van der Waals surface area contributed by atoms with Gasteiger partial charge in [-0.15, -0.1) is 0 Å². The predicted octanol–water partition coefficient (Wildman–Crippen LogP) is -0.208. The van der Waals surface area contributed by atoms with Gasteiger partial charge in [-0.05, 0) is 45.2 Å². The fraction of sp³-hybridized carbons (Fsp3) is 0.600. The number of nitrogens with one attached hydrogen (secondary N) is 2. The smallest absolute Gasteiger partial charge is 0.315 e. The number of hydrogen-bond donors (Lipinski definition) is 3. The zero-order valence-electron chi connectivity index (χ0n) is 17.6. The Morgan fingerprint density at radius 3 is 2.47 bits per heavy atom. The highest BCUT2D eigenvalue weighted by molar-refractivity contribution is 5.98. The Kier molecular flexibility index (Phi) is 6.33. The number of nitrogens with two attached hydrogens (primary N) is 1. The van der Waals surface area contributed by atoms with Crippen LogP contribution in [0.2, 0.25) is 0 Å². The van der Waals surface area contributed by atoms with E-state index >= 15 is 0 Å². The van der Waals surface area contributed by atoms with Gasteiger partial charge in [-0.25, -0.2) is 4.79 Å². The molecule has 3 atom stereocenters. The Morgan fingerprint density at radius 2 is 1.87 bits per heavy atom. The summed E-state index contributed by atoms with van der Waals surface area (Å²) in [7, 11) is 1.76. The van der Waals surface area contributed by atoms with Gasteiger partial charge in [-0.3, -0.25) is 14.4 Å². The molecular weight excluding hydrogens is 388 g/mol. The van der Waals surface area contributed by atoms with Gasteiger partial charge in [0.2, 0.25) is 11.8 Å². The number of aromatic nitrogens is 1. The van der Waals surface area contributed by atoms with Gasteiger partial charge in [0.15, 0.2) is 0 Å². The van der Waals surface area contributed by atoms with Gasteiger partial charge in [0.25, 0.3) is 5.91 Å². The predicted molar refractivity (Wildman–Crippen MR) is 109 cm³/mol. The fourth-order valence-corrected chi connectivity index (χ4v) is 4.28. The van der Waals surface area contributed by atoms with Crippen LogP contribution in [0.4, 0.5) is 4.79 Å². The van der Waals surface area contributed by atoms with E-state index in [0.717, 1.165) is 0 Å². The highest BCUT2D eigenvalue weighted by Crippen LogP contribution is 2.26. The standard InChI is InChI=1S/C20H30N6O4/c1-12(2)22-20(30)23-13-8-11-26(18(28)15-7-4-9-24(15)3)16(13)19(29)25-10-5-6-14(25)17(21)27/h4,7,9,12-14,16H,5-6,8,10-11H2,1-3H3,(H2,21,27)(H2,22,23,30)/t13-,14+,16-/m0/s1. The summed E-state index contributed by atoms with van der Waals surface area (Å²) in [5.74, 6) is -1.20. The minimum Gasteiger partial charge on any atom is -0.368 e. The number of nitrogens with zero attached hydrogens (tertiary/aromatic N) is 3. The van der Waals surface area contributed by atoms with Crippen molar-refractivity contribution in [1.29, 1.82) is 0 Å². The van der Waals surface area contributed by atoms with Crippen molar-refractivity contribution in [1.82, 2.24) is 25.0 Å². The fourth-order valence-electron chi connectivity index (χ4n) is 4.28. The average Bonchev–Trinajstić information content (AvgIpc) is 3.38. The number of amides is 5. The van der Waals surface area contributed by atoms with Gasteiger partial charge in [0.1, 0.15) is 17.8 Å². The summed E-state index contributed by atoms with van der Waals surface area (Å²) in [6, 6.07) is 0.844. The first-order chi connectivity index (χ1) is 14.2. The first-order valence-corrected chi connectivity index (χ1v) is 10.3. The number of carbonyl (C=O) groups is 4. The lowest BCUT2D eigenvalue weighted by Crippen LogP contribution is -2.59. The third kappa shape index (κ3) is 4.27. The minimum absolute atomic E-state index is 0.0699. The van der Waals surface area contributed by atoms with Crippen molar-refractivity contribution in [2.75, 3.05) is 13.1 Å². The van der Waals surface area contributed by atoms with Gasteiger partial charge >= 0.3 is 6.03 Å². The molecule has 3 heterocycles. The Hall–Kier alpha value is -3.04. The second kappa shape index (κ2) is 8.76. The molecule has 164 valence electrons. The van der Waals surface area contributed by atoms with Crippen LogP contribution in [-0.2, 0) is 16.6 Å². The summed E-state index contributed by atoms with van der Waals surface area (Å²) in [4.78, 5) is 53.8. The van der Waals surface area contributed by atoms with Crippen LogP contribution in [0, 0.1) is 0 Å². The molecule has 2 fully saturated rings. The zero-order valence-corrected chi connectivity index (χ0v) is 17.6. The van der Waals surface area contributed by atoms with E-state index in [1.807, 2.05) is 13.8 Å². The molecule has 2 aliphatic heterocycles. The molecule has 0 bridgehead atoms. The number of primary amides is 1. The van der Waals surface area contributed by atoms with Crippen LogP contribution in [-0.4, -0.2) is 75.4 Å². The zero-order chi connectivity index (χ0) is 22.0. The molecule has 0 saturated carbocycles. The molecule has 0 radical (unpaired) electrons. The van der Waals surface area contributed by atoms with Gasteiger partial charge in [-0.2, -0.15) is 0 Å². The Labute approximate surface area is 175 Å². The molecule has 4 N–H and O–H groups in total. The van der Waals surface area contributed by atoms with Gasteiger partial charge in [0.05, 0.1) is 6.04 Å². The van der Waals surface area contributed by atoms with E-state index in [1.54, 1.807) is 29.9 Å². The molecule has 2 saturated heterocycles. The molecule has 10 nitrogen and oxygen atoms in total. The topological polar surface area (TPSA) is 130 Å². The van der Waals surface area contributed by atoms with Crippen molar-refractivity contribution >= 4 is 23.8 Å². The monoisotopic (exact) mass is 418 g/mol. The van der Waals surface area contributed by atoms with Gasteiger partial charge < -0.3 is 30.7 Å². The third-order valence-electron chi connectivity index (χ3n) is 5.68. The molecule has 0 aromatic carbocycles. The molecule has 5 amide bonds. The van der Waals surface area contributed by atoms with Gasteiger partial charge in [-0.1, -0.05) is 0 Å². The number of aryl methyl sites for hydroxylation is 1. The quantitative estimate of drug-likeness (QED) is 0.611. The van der Waals surface area contributed by atoms with E-state index in [1.165, 1.54) is 9.80 Å². The molecule has 1 aromatic heterocycles. The molecular formula is C20H30N6O4. The van der Waals surface area contributed by atoms with Crippen molar-refractivity contribution < 1.29 is 19.2 Å². The lowest BCUT2D eigenvalue weighted by atomic mass is 10.1. The SMILES string of the molecule is CC(C)NC(=O)N[C@H]1CCN(C(=O)c2cccn2C)[C@@H]1C(=O)N1CCC[C@@H]1C(N)=O. The number of hydrogen-bond acceptors (Lipinski definition) is 4. The molecule has 30 heavy (non-hydrogen) atoms. The second-order valence-electron chi connectivity index (χ2n) is 8.21. The van der Waals surface area contributed by atoms with E-state index in [0.29, 0.717) is 38.0 Å². The van der Waals surface area contributed by atoms with Crippen molar-refractivity contribution in [3.05, 3.63) is 24.0 Å². The highest BCUT2D eigenvalue weighted by atomic mass is 16.2. The summed E-state index contributed by atoms with van der Waals surface area (Å²) >= 11 is 0. The van der Waals surface area contributed by atoms with E-state index in [2.05, 4.69) is 10.6 Å². The van der Waals surface area contributed by atoms with Crippen LogP contribution in [0.1, 0.15) is 43.6 Å². The Morgan fingerprint density at radius 1 is 1.13 bits per heavy atom. The van der Waals surface area contributed by atoms with Crippen LogP contribution in [0.5, 0.6) is 0 Å². The Balaban J connectivity index is 1.88. The lowest BCUT2D eigenvalue weighted by Gasteiger charge is -2.33. The molecule has 1 aromatic rings. The molecule has 0 unspecified atom stereocenters. The van der Waals surface area contributed by atoms with Crippen LogP contribution in [0.25, 0.3) is 0 Å². The summed E-state index contributed by atoms with van der Waals surface area (Å²) in [6.07, 6.45) is 3.37. The number of likely N-dealkylation sites (tertiary alicyclic amines) is 2. The van der Waals surface area contributed by atoms with Crippen LogP contribution in [0.15, 0.2) is 18.3 Å². The Bertz CT molecular complexity index is 835.